The van der Waals surface area contributed by atoms with Crippen molar-refractivity contribution in [1.29, 1.82) is 0 Å². The van der Waals surface area contributed by atoms with Gasteiger partial charge in [-0.05, 0) is 23.6 Å². The van der Waals surface area contributed by atoms with Crippen molar-refractivity contribution in [3.05, 3.63) is 34.3 Å². The van der Waals surface area contributed by atoms with E-state index in [1.54, 1.807) is 0 Å². The first-order chi connectivity index (χ1) is 6.81. The van der Waals surface area contributed by atoms with E-state index in [4.69, 9.17) is 21.4 Å². The van der Waals surface area contributed by atoms with Gasteiger partial charge >= 0.3 is 0 Å². The molecule has 0 amide bonds. The molecule has 0 bridgehead atoms. The smallest absolute Gasteiger partial charge is 0.0682 e. The van der Waals surface area contributed by atoms with Crippen LogP contribution in [0.15, 0.2) is 18.2 Å². The molecule has 0 radical (unpaired) electrons. The molecule has 1 saturated heterocycles. The molecule has 14 heavy (non-hydrogen) atoms. The van der Waals surface area contributed by atoms with Crippen LogP contribution in [0.3, 0.4) is 0 Å². The van der Waals surface area contributed by atoms with Crippen LogP contribution in [0.25, 0.3) is 0 Å². The van der Waals surface area contributed by atoms with Crippen molar-refractivity contribution in [2.75, 3.05) is 13.2 Å². The predicted octanol–water partition coefficient (Wildman–Crippen LogP) is 2.34. The van der Waals surface area contributed by atoms with Gasteiger partial charge in [0.15, 0.2) is 0 Å². The van der Waals surface area contributed by atoms with Crippen molar-refractivity contribution in [3.8, 4) is 0 Å². The highest BCUT2D eigenvalue weighted by Gasteiger charge is 2.19. The molecule has 1 aromatic carbocycles. The van der Waals surface area contributed by atoms with Gasteiger partial charge in [-0.1, -0.05) is 23.7 Å². The van der Waals surface area contributed by atoms with Crippen LogP contribution in [0.4, 0.5) is 0 Å². The summed E-state index contributed by atoms with van der Waals surface area (Å²) < 4.78 is 5.32. The maximum Gasteiger partial charge on any atom is 0.0682 e. The first-order valence-electron chi connectivity index (χ1n) is 4.78. The molecule has 1 N–H and O–H groups in total. The van der Waals surface area contributed by atoms with E-state index >= 15 is 0 Å². The Morgan fingerprint density at radius 2 is 2.36 bits per heavy atom. The van der Waals surface area contributed by atoms with Gasteiger partial charge in [-0.2, -0.15) is 0 Å². The largest absolute Gasteiger partial charge is 0.392 e. The van der Waals surface area contributed by atoms with Gasteiger partial charge in [-0.15, -0.1) is 0 Å². The highest BCUT2D eigenvalue weighted by molar-refractivity contribution is 6.31. The number of aliphatic hydroxyl groups excluding tert-OH is 1. The van der Waals surface area contributed by atoms with Crippen molar-refractivity contribution in [1.82, 2.24) is 0 Å². The normalized spacial score (nSPS) is 21.4. The van der Waals surface area contributed by atoms with Gasteiger partial charge in [-0.3, -0.25) is 0 Å². The molecule has 1 unspecified atom stereocenters. The molecule has 0 saturated carbocycles. The Labute approximate surface area is 88.5 Å². The number of aliphatic hydroxyl groups is 1. The average molecular weight is 213 g/mol. The second kappa shape index (κ2) is 4.30. The van der Waals surface area contributed by atoms with Crippen molar-refractivity contribution < 1.29 is 9.84 Å². The summed E-state index contributed by atoms with van der Waals surface area (Å²) in [4.78, 5) is 0. The van der Waals surface area contributed by atoms with Crippen LogP contribution in [0.2, 0.25) is 5.02 Å². The van der Waals surface area contributed by atoms with Crippen LogP contribution in [-0.4, -0.2) is 18.3 Å². The number of benzene rings is 1. The molecular formula is C11H13ClO2. The quantitative estimate of drug-likeness (QED) is 0.816. The lowest BCUT2D eigenvalue weighted by atomic mass is 9.97. The maximum atomic E-state index is 8.93. The van der Waals surface area contributed by atoms with E-state index in [9.17, 15) is 0 Å². The Bertz CT molecular complexity index is 319. The third-order valence-corrected chi connectivity index (χ3v) is 2.94. The van der Waals surface area contributed by atoms with Crippen molar-refractivity contribution in [3.63, 3.8) is 0 Å². The third kappa shape index (κ3) is 1.92. The second-order valence-electron chi connectivity index (χ2n) is 3.57. The Hall–Kier alpha value is -0.570. The summed E-state index contributed by atoms with van der Waals surface area (Å²) in [5, 5.41) is 9.68. The van der Waals surface area contributed by atoms with Gasteiger partial charge in [0, 0.05) is 17.5 Å². The van der Waals surface area contributed by atoms with Gasteiger partial charge in [0.05, 0.1) is 13.2 Å². The third-order valence-electron chi connectivity index (χ3n) is 2.62. The van der Waals surface area contributed by atoms with E-state index in [1.807, 2.05) is 18.2 Å². The second-order valence-corrected chi connectivity index (χ2v) is 3.98. The minimum absolute atomic E-state index is 0.0428. The lowest BCUT2D eigenvalue weighted by Gasteiger charge is -2.10. The van der Waals surface area contributed by atoms with Crippen molar-refractivity contribution >= 4 is 11.6 Å². The fourth-order valence-corrected chi connectivity index (χ4v) is 2.14. The van der Waals surface area contributed by atoms with Crippen molar-refractivity contribution in [2.45, 2.75) is 18.9 Å². The zero-order chi connectivity index (χ0) is 9.97. The SMILES string of the molecule is OCc1ccc(C2CCOC2)c(Cl)c1. The molecule has 0 spiro atoms. The van der Waals surface area contributed by atoms with Crippen LogP contribution in [0.1, 0.15) is 23.5 Å². The van der Waals surface area contributed by atoms with E-state index < -0.39 is 0 Å². The topological polar surface area (TPSA) is 29.5 Å². The summed E-state index contributed by atoms with van der Waals surface area (Å²) in [5.74, 6) is 0.426. The van der Waals surface area contributed by atoms with Crippen LogP contribution in [-0.2, 0) is 11.3 Å². The molecule has 2 nitrogen and oxygen atoms in total. The van der Waals surface area contributed by atoms with Gasteiger partial charge < -0.3 is 9.84 Å². The molecule has 0 aromatic heterocycles. The molecule has 3 heteroatoms. The first-order valence-corrected chi connectivity index (χ1v) is 5.16. The molecule has 1 heterocycles. The summed E-state index contributed by atoms with van der Waals surface area (Å²) in [6.45, 7) is 1.63. The van der Waals surface area contributed by atoms with E-state index in [0.29, 0.717) is 5.92 Å². The summed E-state index contributed by atoms with van der Waals surface area (Å²) in [6, 6.07) is 5.74. The minimum Gasteiger partial charge on any atom is -0.392 e. The molecule has 1 aliphatic heterocycles. The number of ether oxygens (including phenoxy) is 1. The van der Waals surface area contributed by atoms with Crippen LogP contribution in [0, 0.1) is 0 Å². The van der Waals surface area contributed by atoms with Gasteiger partial charge in [-0.25, -0.2) is 0 Å². The van der Waals surface area contributed by atoms with Gasteiger partial charge in [0.2, 0.25) is 0 Å². The standard InChI is InChI=1S/C11H13ClO2/c12-11-5-8(6-13)1-2-10(11)9-3-4-14-7-9/h1-2,5,9,13H,3-4,6-7H2. The average Bonchev–Trinajstić information content (AvgIpc) is 2.70. The van der Waals surface area contributed by atoms with E-state index in [0.717, 1.165) is 35.8 Å². The first kappa shape index (κ1) is 9.97. The fourth-order valence-electron chi connectivity index (χ4n) is 1.78. The lowest BCUT2D eigenvalue weighted by Crippen LogP contribution is -1.99. The van der Waals surface area contributed by atoms with E-state index in [1.165, 1.54) is 0 Å². The zero-order valence-electron chi connectivity index (χ0n) is 7.87. The number of hydrogen-bond acceptors (Lipinski definition) is 2. The Morgan fingerprint density at radius 3 is 2.93 bits per heavy atom. The highest BCUT2D eigenvalue weighted by atomic mass is 35.5. The lowest BCUT2D eigenvalue weighted by molar-refractivity contribution is 0.194. The monoisotopic (exact) mass is 212 g/mol. The van der Waals surface area contributed by atoms with Crippen LogP contribution in [0.5, 0.6) is 0 Å². The summed E-state index contributed by atoms with van der Waals surface area (Å²) in [6.07, 6.45) is 1.04. The molecule has 1 fully saturated rings. The number of hydrogen-bond donors (Lipinski definition) is 1. The predicted molar refractivity (Wildman–Crippen MR) is 55.6 cm³/mol. The maximum absolute atomic E-state index is 8.93. The van der Waals surface area contributed by atoms with Crippen LogP contribution < -0.4 is 0 Å². The molecule has 1 atom stereocenters. The van der Waals surface area contributed by atoms with Crippen molar-refractivity contribution in [2.24, 2.45) is 0 Å². The Balaban J connectivity index is 2.25. The molecule has 1 aromatic rings. The summed E-state index contributed by atoms with van der Waals surface area (Å²) >= 11 is 6.12. The number of rotatable bonds is 2. The molecular weight excluding hydrogens is 200 g/mol. The summed E-state index contributed by atoms with van der Waals surface area (Å²) in [5.41, 5.74) is 2.00. The highest BCUT2D eigenvalue weighted by Crippen LogP contribution is 2.31. The Kier molecular flexibility index (Phi) is 3.06. The van der Waals surface area contributed by atoms with E-state index in [-0.39, 0.29) is 6.61 Å². The number of halogens is 1. The van der Waals surface area contributed by atoms with E-state index in [2.05, 4.69) is 0 Å². The Morgan fingerprint density at radius 1 is 1.50 bits per heavy atom. The zero-order valence-corrected chi connectivity index (χ0v) is 8.63. The molecule has 1 aliphatic rings. The molecule has 76 valence electrons. The van der Waals surface area contributed by atoms with Gasteiger partial charge in [0.1, 0.15) is 0 Å². The summed E-state index contributed by atoms with van der Waals surface area (Å²) in [7, 11) is 0. The molecule has 2 rings (SSSR count). The fraction of sp³-hybridized carbons (Fsp3) is 0.455. The minimum atomic E-state index is 0.0428. The van der Waals surface area contributed by atoms with Gasteiger partial charge in [0.25, 0.3) is 0 Å². The van der Waals surface area contributed by atoms with Crippen LogP contribution >= 0.6 is 11.6 Å². The molecule has 0 aliphatic carbocycles.